The van der Waals surface area contributed by atoms with Crippen LogP contribution < -0.4 is 5.32 Å². The van der Waals surface area contributed by atoms with Crippen LogP contribution in [0.4, 0.5) is 11.4 Å². The van der Waals surface area contributed by atoms with Gasteiger partial charge in [0.05, 0.1) is 11.3 Å². The molecule has 1 aliphatic heterocycles. The predicted octanol–water partition coefficient (Wildman–Crippen LogP) is 4.87. The van der Waals surface area contributed by atoms with Gasteiger partial charge < -0.3 is 5.32 Å². The van der Waals surface area contributed by atoms with Crippen LogP contribution in [0, 0.1) is 131 Å². The average molecular weight is 554 g/mol. The van der Waals surface area contributed by atoms with E-state index in [9.17, 15) is 0 Å². The van der Waals surface area contributed by atoms with Gasteiger partial charge in [0.1, 0.15) is 0 Å². The van der Waals surface area contributed by atoms with E-state index in [2.05, 4.69) is 162 Å². The smallest absolute Gasteiger partial charge is 0.243 e. The van der Waals surface area contributed by atoms with Crippen molar-refractivity contribution in [2.24, 2.45) is 0 Å². The van der Waals surface area contributed by atoms with Gasteiger partial charge in [-0.1, -0.05) is 42.5 Å². The standard InChI is InChI=1S/C42H20N2/c1-4-5-6-7-8-9-10-11-12-13-14-15-16-17-18-19-20-21-22-30-37-44-40-34-27-26-33-39(40)42(2,3)41(44)35-28-29-36-43-38-31-24-23-25-32-38/h1,23-29,31-36H,2-3H3/p+1. The highest BCUT2D eigenvalue weighted by molar-refractivity contribution is 6.03. The Bertz CT molecular complexity index is 2220. The number of para-hydroxylation sites is 2. The molecule has 0 unspecified atom stereocenters. The van der Waals surface area contributed by atoms with Crippen molar-refractivity contribution in [2.45, 2.75) is 19.3 Å². The van der Waals surface area contributed by atoms with E-state index in [1.165, 1.54) is 5.56 Å². The molecule has 2 aromatic carbocycles. The SMILES string of the molecule is C#CC#CC#CC#CC#CC#CC#CC#CC#CC#CC#C[N+]1=C(/C=C/C=C/Nc2ccccc2)C(C)(C)c2ccccc21. The Hall–Kier alpha value is -7.45. The third-order valence-corrected chi connectivity index (χ3v) is 5.55. The van der Waals surface area contributed by atoms with Gasteiger partial charge >= 0.3 is 0 Å². The van der Waals surface area contributed by atoms with Crippen molar-refractivity contribution in [3.63, 3.8) is 0 Å². The topological polar surface area (TPSA) is 15.0 Å². The quantitative estimate of drug-likeness (QED) is 0.325. The molecule has 0 aromatic heterocycles. The van der Waals surface area contributed by atoms with Crippen molar-refractivity contribution < 1.29 is 4.58 Å². The van der Waals surface area contributed by atoms with E-state index >= 15 is 0 Å². The molecule has 0 spiro atoms. The van der Waals surface area contributed by atoms with Gasteiger partial charge in [-0.3, -0.25) is 0 Å². The van der Waals surface area contributed by atoms with E-state index in [4.69, 9.17) is 6.42 Å². The molecule has 2 heteroatoms. The zero-order valence-electron chi connectivity index (χ0n) is 24.0. The van der Waals surface area contributed by atoms with Crippen LogP contribution in [0.5, 0.6) is 0 Å². The molecule has 0 radical (unpaired) electrons. The second kappa shape index (κ2) is 18.0. The fourth-order valence-electron chi connectivity index (χ4n) is 3.68. The molecule has 2 aromatic rings. The highest BCUT2D eigenvalue weighted by atomic mass is 15.0. The van der Waals surface area contributed by atoms with E-state index in [0.29, 0.717) is 0 Å². The summed E-state index contributed by atoms with van der Waals surface area (Å²) in [6, 6.07) is 21.4. The number of fused-ring (bicyclic) bond motifs is 1. The lowest BCUT2D eigenvalue weighted by Gasteiger charge is -2.14. The summed E-state index contributed by atoms with van der Waals surface area (Å²) >= 11 is 0. The Kier molecular flexibility index (Phi) is 12.7. The largest absolute Gasteiger partial charge is 0.362 e. The third kappa shape index (κ3) is 10.3. The molecule has 0 amide bonds. The van der Waals surface area contributed by atoms with Crippen LogP contribution in [0.2, 0.25) is 0 Å². The maximum atomic E-state index is 4.96. The Morgan fingerprint density at radius 3 is 1.61 bits per heavy atom. The molecular formula is C42H21N2+. The fourth-order valence-corrected chi connectivity index (χ4v) is 3.68. The molecule has 1 N–H and O–H groups in total. The number of hydrogen-bond donors (Lipinski definition) is 1. The van der Waals surface area contributed by atoms with Gasteiger partial charge in [0.15, 0.2) is 0 Å². The Morgan fingerprint density at radius 2 is 1.07 bits per heavy atom. The first-order valence-corrected chi connectivity index (χ1v) is 13.0. The summed E-state index contributed by atoms with van der Waals surface area (Å²) < 4.78 is 1.98. The Morgan fingerprint density at radius 1 is 0.591 bits per heavy atom. The number of benzene rings is 2. The van der Waals surface area contributed by atoms with Crippen molar-refractivity contribution >= 4 is 17.1 Å². The summed E-state index contributed by atoms with van der Waals surface area (Å²) in [5.74, 6) is 51.0. The molecule has 0 aliphatic carbocycles. The van der Waals surface area contributed by atoms with Gasteiger partial charge in [0.2, 0.25) is 17.4 Å². The van der Waals surface area contributed by atoms with Crippen LogP contribution in [0.1, 0.15) is 19.4 Å². The minimum Gasteiger partial charge on any atom is -0.362 e. The van der Waals surface area contributed by atoms with Gasteiger partial charge in [-0.25, -0.2) is 0 Å². The zero-order valence-corrected chi connectivity index (χ0v) is 24.0. The lowest BCUT2D eigenvalue weighted by molar-refractivity contribution is -0.332. The third-order valence-electron chi connectivity index (χ3n) is 5.55. The maximum Gasteiger partial charge on any atom is 0.243 e. The predicted molar refractivity (Wildman–Crippen MR) is 179 cm³/mol. The number of hydrogen-bond acceptors (Lipinski definition) is 1. The molecule has 0 fully saturated rings. The first kappa shape index (κ1) is 31.1. The Labute approximate surface area is 261 Å². The molecule has 44 heavy (non-hydrogen) atoms. The summed E-state index contributed by atoms with van der Waals surface area (Å²) in [7, 11) is 0. The van der Waals surface area contributed by atoms with Gasteiger partial charge in [0.25, 0.3) is 0 Å². The van der Waals surface area contributed by atoms with E-state index in [1.54, 1.807) is 0 Å². The fraction of sp³-hybridized carbons (Fsp3) is 0.0714. The normalized spacial score (nSPS) is 10.4. The van der Waals surface area contributed by atoms with E-state index < -0.39 is 0 Å². The second-order valence-electron chi connectivity index (χ2n) is 8.72. The molecule has 1 heterocycles. The maximum absolute atomic E-state index is 4.96. The van der Waals surface area contributed by atoms with Crippen molar-refractivity contribution in [3.8, 4) is 131 Å². The average Bonchev–Trinajstić information content (AvgIpc) is 3.25. The van der Waals surface area contributed by atoms with E-state index in [-0.39, 0.29) is 5.41 Å². The van der Waals surface area contributed by atoms with Crippen molar-refractivity contribution in [1.29, 1.82) is 0 Å². The molecular weight excluding hydrogens is 532 g/mol. The van der Waals surface area contributed by atoms with E-state index in [0.717, 1.165) is 17.1 Å². The van der Waals surface area contributed by atoms with Crippen LogP contribution >= 0.6 is 0 Å². The lowest BCUT2D eigenvalue weighted by atomic mass is 9.81. The van der Waals surface area contributed by atoms with Gasteiger partial charge in [-0.05, 0) is 79.4 Å². The van der Waals surface area contributed by atoms with E-state index in [1.807, 2.05) is 65.4 Å². The summed E-state index contributed by atoms with van der Waals surface area (Å²) in [5.41, 5.74) is 4.07. The number of rotatable bonds is 4. The van der Waals surface area contributed by atoms with Crippen LogP contribution in [0.25, 0.3) is 0 Å². The number of terminal acetylenes is 1. The van der Waals surface area contributed by atoms with Crippen molar-refractivity contribution in [1.82, 2.24) is 0 Å². The number of nitrogens with one attached hydrogen (secondary N) is 1. The Balaban J connectivity index is 1.64. The molecule has 3 rings (SSSR count). The van der Waals surface area contributed by atoms with Gasteiger partial charge in [-0.15, -0.1) is 11.0 Å². The first-order chi connectivity index (χ1) is 21.6. The highest BCUT2D eigenvalue weighted by Crippen LogP contribution is 2.39. The summed E-state index contributed by atoms with van der Waals surface area (Å²) in [6.45, 7) is 4.37. The van der Waals surface area contributed by atoms with Crippen LogP contribution in [0.3, 0.4) is 0 Å². The molecule has 0 atom stereocenters. The molecule has 198 valence electrons. The summed E-state index contributed by atoms with van der Waals surface area (Å²) in [5, 5.41) is 3.25. The summed E-state index contributed by atoms with van der Waals surface area (Å²) in [6.07, 6.45) is 12.9. The number of nitrogens with zero attached hydrogens (tertiary/aromatic N) is 1. The van der Waals surface area contributed by atoms with Crippen molar-refractivity contribution in [2.75, 3.05) is 5.32 Å². The highest BCUT2D eigenvalue weighted by Gasteiger charge is 2.44. The minimum absolute atomic E-state index is 0.231. The first-order valence-electron chi connectivity index (χ1n) is 13.0. The monoisotopic (exact) mass is 553 g/mol. The zero-order chi connectivity index (χ0) is 31.1. The minimum atomic E-state index is -0.231. The molecule has 2 nitrogen and oxygen atoms in total. The van der Waals surface area contributed by atoms with Crippen LogP contribution in [-0.4, -0.2) is 10.3 Å². The van der Waals surface area contributed by atoms with Gasteiger partial charge in [-0.2, -0.15) is 0 Å². The van der Waals surface area contributed by atoms with Crippen molar-refractivity contribution in [3.05, 3.63) is 84.6 Å². The molecule has 0 saturated carbocycles. The number of allylic oxidation sites excluding steroid dienone is 3. The van der Waals surface area contributed by atoms with Gasteiger partial charge in [0, 0.05) is 94.7 Å². The lowest BCUT2D eigenvalue weighted by Crippen LogP contribution is -2.26. The summed E-state index contributed by atoms with van der Waals surface area (Å²) in [4.78, 5) is 0. The second-order valence-corrected chi connectivity index (χ2v) is 8.72. The molecule has 0 bridgehead atoms. The molecule has 0 saturated heterocycles. The molecule has 1 aliphatic rings. The van der Waals surface area contributed by atoms with Crippen LogP contribution in [-0.2, 0) is 5.41 Å². The van der Waals surface area contributed by atoms with Crippen LogP contribution in [0.15, 0.2) is 79.0 Å². The number of anilines is 1.